The van der Waals surface area contributed by atoms with Crippen molar-refractivity contribution in [2.24, 2.45) is 11.8 Å². The van der Waals surface area contributed by atoms with Crippen molar-refractivity contribution in [1.29, 1.82) is 0 Å². The zero-order chi connectivity index (χ0) is 29.6. The van der Waals surface area contributed by atoms with Crippen LogP contribution in [-0.2, 0) is 19.6 Å². The average Bonchev–Trinajstić information content (AvgIpc) is 3.46. The fourth-order valence-corrected chi connectivity index (χ4v) is 7.54. The number of benzene rings is 2. The molecule has 1 saturated heterocycles. The standard InChI is InChI=1S/C30H42FN3O6S/c1-33(2)30(23-9-11-24(31)12-10-23)22-7-5-21(6-8-22)18-32-29(35)20-40-25-15-16-34(19-25)41(36,37)26-13-14-27(38-3)28(17-26)39-4/h9-14,17,21-22,25,30H,5-8,15-16,18-20H2,1-4H3,(H,32,35). The normalized spacial score (nSPS) is 22.4. The van der Waals surface area contributed by atoms with Gasteiger partial charge in [0.1, 0.15) is 12.4 Å². The van der Waals surface area contributed by atoms with Crippen LogP contribution >= 0.6 is 0 Å². The van der Waals surface area contributed by atoms with Gasteiger partial charge in [0.15, 0.2) is 11.5 Å². The lowest BCUT2D eigenvalue weighted by molar-refractivity contribution is -0.127. The summed E-state index contributed by atoms with van der Waals surface area (Å²) >= 11 is 0. The Kier molecular flexibility index (Phi) is 10.6. The van der Waals surface area contributed by atoms with Crippen LogP contribution in [0.4, 0.5) is 4.39 Å². The number of ether oxygens (including phenoxy) is 3. The van der Waals surface area contributed by atoms with Crippen LogP contribution in [0.15, 0.2) is 47.4 Å². The van der Waals surface area contributed by atoms with Crippen LogP contribution in [-0.4, -0.2) is 84.2 Å². The highest BCUT2D eigenvalue weighted by Gasteiger charge is 2.34. The zero-order valence-electron chi connectivity index (χ0n) is 24.3. The van der Waals surface area contributed by atoms with E-state index in [-0.39, 0.29) is 41.9 Å². The summed E-state index contributed by atoms with van der Waals surface area (Å²) in [7, 11) is 3.35. The fraction of sp³-hybridized carbons (Fsp3) is 0.567. The topological polar surface area (TPSA) is 97.4 Å². The number of sulfonamides is 1. The van der Waals surface area contributed by atoms with E-state index >= 15 is 0 Å². The van der Waals surface area contributed by atoms with E-state index in [1.165, 1.54) is 42.8 Å². The molecule has 0 radical (unpaired) electrons. The number of nitrogens with zero attached hydrogens (tertiary/aromatic N) is 2. The van der Waals surface area contributed by atoms with E-state index in [0.29, 0.717) is 42.8 Å². The molecule has 2 aliphatic rings. The van der Waals surface area contributed by atoms with E-state index in [9.17, 15) is 17.6 Å². The molecule has 1 aliphatic heterocycles. The zero-order valence-corrected chi connectivity index (χ0v) is 25.2. The maximum Gasteiger partial charge on any atom is 0.246 e. The van der Waals surface area contributed by atoms with Crippen LogP contribution in [0.2, 0.25) is 0 Å². The number of amides is 1. The lowest BCUT2D eigenvalue weighted by Crippen LogP contribution is -2.37. The molecule has 11 heteroatoms. The molecule has 2 aromatic rings. The number of methoxy groups -OCH3 is 2. The van der Waals surface area contributed by atoms with Gasteiger partial charge in [-0.25, -0.2) is 12.8 Å². The van der Waals surface area contributed by atoms with Gasteiger partial charge in [-0.3, -0.25) is 4.79 Å². The van der Waals surface area contributed by atoms with E-state index in [1.54, 1.807) is 6.07 Å². The van der Waals surface area contributed by atoms with Gasteiger partial charge in [0, 0.05) is 31.7 Å². The molecular formula is C30H42FN3O6S. The summed E-state index contributed by atoms with van der Waals surface area (Å²) in [5, 5.41) is 3.00. The van der Waals surface area contributed by atoms with Crippen molar-refractivity contribution < 1.29 is 31.8 Å². The molecule has 2 aromatic carbocycles. The largest absolute Gasteiger partial charge is 0.493 e. The Morgan fingerprint density at radius 2 is 1.71 bits per heavy atom. The minimum Gasteiger partial charge on any atom is -0.493 e. The van der Waals surface area contributed by atoms with Crippen molar-refractivity contribution in [2.75, 3.05) is 54.6 Å². The van der Waals surface area contributed by atoms with Gasteiger partial charge in [-0.2, -0.15) is 4.31 Å². The van der Waals surface area contributed by atoms with E-state index in [1.807, 2.05) is 12.1 Å². The van der Waals surface area contributed by atoms with Crippen LogP contribution in [0.1, 0.15) is 43.7 Å². The molecule has 1 amide bonds. The number of rotatable bonds is 12. The van der Waals surface area contributed by atoms with Crippen LogP contribution in [0.5, 0.6) is 11.5 Å². The summed E-state index contributed by atoms with van der Waals surface area (Å²) in [4.78, 5) is 14.8. The van der Waals surface area contributed by atoms with Gasteiger partial charge >= 0.3 is 0 Å². The van der Waals surface area contributed by atoms with Gasteiger partial charge in [0.2, 0.25) is 15.9 Å². The number of carbonyl (C=O) groups is 1. The third-order valence-corrected chi connectivity index (χ3v) is 10.1. The van der Waals surface area contributed by atoms with Gasteiger partial charge in [-0.05, 0) is 87.9 Å². The number of nitrogens with one attached hydrogen (secondary N) is 1. The molecule has 226 valence electrons. The second-order valence-corrected chi connectivity index (χ2v) is 13.1. The van der Waals surface area contributed by atoms with E-state index in [2.05, 4.69) is 24.3 Å². The van der Waals surface area contributed by atoms with Crippen molar-refractivity contribution >= 4 is 15.9 Å². The van der Waals surface area contributed by atoms with E-state index in [0.717, 1.165) is 31.2 Å². The third kappa shape index (κ3) is 7.77. The Labute approximate surface area is 243 Å². The monoisotopic (exact) mass is 591 g/mol. The Balaban J connectivity index is 1.19. The van der Waals surface area contributed by atoms with Gasteiger partial charge < -0.3 is 24.4 Å². The minimum absolute atomic E-state index is 0.0997. The van der Waals surface area contributed by atoms with Gasteiger partial charge in [0.25, 0.3) is 0 Å². The van der Waals surface area contributed by atoms with Crippen LogP contribution < -0.4 is 14.8 Å². The third-order valence-electron chi connectivity index (χ3n) is 8.24. The molecule has 0 aromatic heterocycles. The smallest absolute Gasteiger partial charge is 0.246 e. The quantitative estimate of drug-likeness (QED) is 0.401. The molecule has 1 heterocycles. The van der Waals surface area contributed by atoms with E-state index < -0.39 is 10.0 Å². The second kappa shape index (κ2) is 14.0. The number of hydrogen-bond acceptors (Lipinski definition) is 7. The lowest BCUT2D eigenvalue weighted by atomic mass is 9.76. The highest BCUT2D eigenvalue weighted by molar-refractivity contribution is 7.89. The Bertz CT molecular complexity index is 1270. The van der Waals surface area contributed by atoms with Gasteiger partial charge in [-0.15, -0.1) is 0 Å². The molecule has 2 atom stereocenters. The number of hydrogen-bond donors (Lipinski definition) is 1. The fourth-order valence-electron chi connectivity index (χ4n) is 6.04. The summed E-state index contributed by atoms with van der Waals surface area (Å²) in [6, 6.07) is 11.6. The molecule has 2 fully saturated rings. The number of carbonyl (C=O) groups excluding carboxylic acids is 1. The predicted octanol–water partition coefficient (Wildman–Crippen LogP) is 3.85. The summed E-state index contributed by atoms with van der Waals surface area (Å²) in [6.45, 7) is 1.01. The Hall–Kier alpha value is -2.73. The minimum atomic E-state index is -3.73. The average molecular weight is 592 g/mol. The van der Waals surface area contributed by atoms with Crippen molar-refractivity contribution in [3.05, 3.63) is 53.8 Å². The van der Waals surface area contributed by atoms with Crippen molar-refractivity contribution in [3.8, 4) is 11.5 Å². The molecule has 2 unspecified atom stereocenters. The number of halogens is 1. The van der Waals surface area contributed by atoms with Crippen LogP contribution in [0.3, 0.4) is 0 Å². The van der Waals surface area contributed by atoms with Gasteiger partial charge in [0.05, 0.1) is 25.2 Å². The molecular weight excluding hydrogens is 549 g/mol. The predicted molar refractivity (Wildman–Crippen MR) is 154 cm³/mol. The van der Waals surface area contributed by atoms with Crippen molar-refractivity contribution in [1.82, 2.24) is 14.5 Å². The maximum atomic E-state index is 13.4. The summed E-state index contributed by atoms with van der Waals surface area (Å²) in [6.07, 6.45) is 4.30. The van der Waals surface area contributed by atoms with Crippen molar-refractivity contribution in [2.45, 2.75) is 49.1 Å². The first-order chi connectivity index (χ1) is 19.6. The lowest BCUT2D eigenvalue weighted by Gasteiger charge is -2.37. The summed E-state index contributed by atoms with van der Waals surface area (Å²) in [5.74, 6) is 1.27. The molecule has 4 rings (SSSR count). The molecule has 1 aliphatic carbocycles. The molecule has 41 heavy (non-hydrogen) atoms. The highest BCUT2D eigenvalue weighted by atomic mass is 32.2. The molecule has 9 nitrogen and oxygen atoms in total. The SMILES string of the molecule is COc1ccc(S(=O)(=O)N2CCC(OCC(=O)NCC3CCC(C(c4ccc(F)cc4)N(C)C)CC3)C2)cc1OC. The Morgan fingerprint density at radius 1 is 1.02 bits per heavy atom. The second-order valence-electron chi connectivity index (χ2n) is 11.1. The summed E-state index contributed by atoms with van der Waals surface area (Å²) < 4.78 is 57.3. The molecule has 1 N–H and O–H groups in total. The molecule has 0 bridgehead atoms. The first-order valence-corrected chi connectivity index (χ1v) is 15.6. The first-order valence-electron chi connectivity index (χ1n) is 14.1. The molecule has 0 spiro atoms. The van der Waals surface area contributed by atoms with E-state index in [4.69, 9.17) is 14.2 Å². The highest BCUT2D eigenvalue weighted by Crippen LogP contribution is 2.39. The maximum absolute atomic E-state index is 13.4. The first kappa shape index (κ1) is 31.2. The molecule has 1 saturated carbocycles. The van der Waals surface area contributed by atoms with Crippen LogP contribution in [0, 0.1) is 17.7 Å². The summed E-state index contributed by atoms with van der Waals surface area (Å²) in [5.41, 5.74) is 1.13. The Morgan fingerprint density at radius 3 is 2.34 bits per heavy atom. The van der Waals surface area contributed by atoms with Crippen molar-refractivity contribution in [3.63, 3.8) is 0 Å². The van der Waals surface area contributed by atoms with Crippen LogP contribution in [0.25, 0.3) is 0 Å². The van der Waals surface area contributed by atoms with Gasteiger partial charge in [-0.1, -0.05) is 12.1 Å².